The summed E-state index contributed by atoms with van der Waals surface area (Å²) in [5, 5.41) is 5.43. The number of para-hydroxylation sites is 2. The van der Waals surface area contributed by atoms with Crippen LogP contribution in [0.4, 0.5) is 0 Å². The maximum atomic E-state index is 6.52. The van der Waals surface area contributed by atoms with Crippen LogP contribution in [0.3, 0.4) is 0 Å². The molecule has 0 saturated carbocycles. The van der Waals surface area contributed by atoms with Gasteiger partial charge in [0.1, 0.15) is 11.2 Å². The van der Waals surface area contributed by atoms with E-state index in [1.54, 1.807) is 0 Å². The van der Waals surface area contributed by atoms with E-state index in [4.69, 9.17) is 19.4 Å². The summed E-state index contributed by atoms with van der Waals surface area (Å²) in [7, 11) is 0. The van der Waals surface area contributed by atoms with Crippen LogP contribution in [-0.2, 0) is 0 Å². The van der Waals surface area contributed by atoms with Gasteiger partial charge < -0.3 is 4.42 Å². The monoisotopic (exact) mass is 575 g/mol. The lowest BCUT2D eigenvalue weighted by atomic mass is 9.96. The van der Waals surface area contributed by atoms with Crippen molar-refractivity contribution in [2.45, 2.75) is 0 Å². The molecule has 0 N–H and O–H groups in total. The molecule has 0 fully saturated rings. The van der Waals surface area contributed by atoms with Crippen molar-refractivity contribution in [3.63, 3.8) is 0 Å². The second-order valence-corrected chi connectivity index (χ2v) is 11.2. The maximum Gasteiger partial charge on any atom is 0.160 e. The molecule has 9 aromatic rings. The van der Waals surface area contributed by atoms with Crippen LogP contribution in [-0.4, -0.2) is 15.0 Å². The summed E-state index contributed by atoms with van der Waals surface area (Å²) in [6, 6.07) is 51.9. The average Bonchev–Trinajstić information content (AvgIpc) is 3.51. The van der Waals surface area contributed by atoms with Crippen molar-refractivity contribution in [3.8, 4) is 45.2 Å². The maximum absolute atomic E-state index is 6.52. The average molecular weight is 576 g/mol. The van der Waals surface area contributed by atoms with E-state index in [1.165, 1.54) is 0 Å². The van der Waals surface area contributed by atoms with Crippen LogP contribution in [0.25, 0.3) is 88.8 Å². The third-order valence-electron chi connectivity index (χ3n) is 8.47. The third-order valence-corrected chi connectivity index (χ3v) is 8.47. The highest BCUT2D eigenvalue weighted by molar-refractivity contribution is 6.24. The standard InChI is InChI=1S/C41H25N3O/c1-3-12-26(13-4-1)35-25-36(44-41(43-35)27-14-5-2-6-15-27)28-16-11-17-29(24-28)39-33-23-22-31-30-18-8-10-21-37(30)45-40(31)38(33)32-19-7-9-20-34(32)42-39/h1-25H. The Morgan fingerprint density at radius 1 is 0.400 bits per heavy atom. The van der Waals surface area contributed by atoms with Gasteiger partial charge in [0.15, 0.2) is 5.82 Å². The number of furan rings is 1. The van der Waals surface area contributed by atoms with Gasteiger partial charge in [0, 0.05) is 49.2 Å². The molecule has 0 radical (unpaired) electrons. The smallest absolute Gasteiger partial charge is 0.160 e. The van der Waals surface area contributed by atoms with Crippen molar-refractivity contribution in [1.82, 2.24) is 15.0 Å². The Hall–Kier alpha value is -6.13. The van der Waals surface area contributed by atoms with Gasteiger partial charge in [0.25, 0.3) is 0 Å². The predicted octanol–water partition coefficient (Wildman–Crippen LogP) is 10.7. The van der Waals surface area contributed by atoms with E-state index in [0.717, 1.165) is 82.9 Å². The molecule has 0 aliphatic heterocycles. The van der Waals surface area contributed by atoms with Crippen LogP contribution in [0.15, 0.2) is 156 Å². The molecule has 3 aromatic heterocycles. The van der Waals surface area contributed by atoms with E-state index < -0.39 is 0 Å². The highest BCUT2D eigenvalue weighted by Gasteiger charge is 2.18. The molecule has 0 spiro atoms. The highest BCUT2D eigenvalue weighted by atomic mass is 16.3. The normalized spacial score (nSPS) is 11.6. The quantitative estimate of drug-likeness (QED) is 0.196. The van der Waals surface area contributed by atoms with Crippen LogP contribution in [0.5, 0.6) is 0 Å². The van der Waals surface area contributed by atoms with E-state index in [1.807, 2.05) is 66.7 Å². The molecular weight excluding hydrogens is 550 g/mol. The summed E-state index contributed by atoms with van der Waals surface area (Å²) in [4.78, 5) is 15.3. The summed E-state index contributed by atoms with van der Waals surface area (Å²) in [6.07, 6.45) is 0. The Kier molecular flexibility index (Phi) is 5.78. The van der Waals surface area contributed by atoms with Gasteiger partial charge in [-0.15, -0.1) is 0 Å². The molecule has 0 unspecified atom stereocenters. The van der Waals surface area contributed by atoms with Crippen LogP contribution in [0.2, 0.25) is 0 Å². The zero-order valence-electron chi connectivity index (χ0n) is 24.2. The Balaban J connectivity index is 1.27. The molecule has 3 heterocycles. The van der Waals surface area contributed by atoms with E-state index in [9.17, 15) is 0 Å². The van der Waals surface area contributed by atoms with E-state index in [0.29, 0.717) is 5.82 Å². The molecule has 0 amide bonds. The van der Waals surface area contributed by atoms with Crippen molar-refractivity contribution in [2.75, 3.05) is 0 Å². The Labute approximate surface area is 259 Å². The lowest BCUT2D eigenvalue weighted by Gasteiger charge is -2.13. The Bertz CT molecular complexity index is 2480. The zero-order valence-corrected chi connectivity index (χ0v) is 24.2. The van der Waals surface area contributed by atoms with Crippen molar-refractivity contribution in [3.05, 3.63) is 152 Å². The number of pyridine rings is 1. The highest BCUT2D eigenvalue weighted by Crippen LogP contribution is 2.41. The number of benzene rings is 6. The third kappa shape index (κ3) is 4.27. The molecule has 0 aliphatic rings. The SMILES string of the molecule is c1ccc(-c2cc(-c3cccc(-c4nc5ccccc5c5c4ccc4c6ccccc6oc45)c3)nc(-c3ccccc3)n2)cc1. The minimum absolute atomic E-state index is 0.693. The molecule has 9 rings (SSSR count). The molecule has 45 heavy (non-hydrogen) atoms. The van der Waals surface area contributed by atoms with Crippen LogP contribution in [0.1, 0.15) is 0 Å². The topological polar surface area (TPSA) is 51.8 Å². The van der Waals surface area contributed by atoms with Gasteiger partial charge in [-0.3, -0.25) is 0 Å². The molecule has 0 saturated heterocycles. The fraction of sp³-hybridized carbons (Fsp3) is 0. The molecule has 0 aliphatic carbocycles. The first kappa shape index (κ1) is 25.4. The van der Waals surface area contributed by atoms with Crippen molar-refractivity contribution >= 4 is 43.6 Å². The molecule has 210 valence electrons. The minimum atomic E-state index is 0.693. The number of hydrogen-bond acceptors (Lipinski definition) is 4. The van der Waals surface area contributed by atoms with Crippen LogP contribution < -0.4 is 0 Å². The fourth-order valence-corrected chi connectivity index (χ4v) is 6.33. The number of fused-ring (bicyclic) bond motifs is 7. The zero-order chi connectivity index (χ0) is 29.7. The van der Waals surface area contributed by atoms with Gasteiger partial charge in [0.2, 0.25) is 0 Å². The van der Waals surface area contributed by atoms with E-state index in [-0.39, 0.29) is 0 Å². The molecule has 4 heteroatoms. The second-order valence-electron chi connectivity index (χ2n) is 11.2. The van der Waals surface area contributed by atoms with Gasteiger partial charge in [0.05, 0.1) is 22.6 Å². The number of hydrogen-bond donors (Lipinski definition) is 0. The molecule has 0 bridgehead atoms. The summed E-state index contributed by atoms with van der Waals surface area (Å²) in [5.41, 5.74) is 9.39. The lowest BCUT2D eigenvalue weighted by Crippen LogP contribution is -1.96. The molecule has 4 nitrogen and oxygen atoms in total. The predicted molar refractivity (Wildman–Crippen MR) is 184 cm³/mol. The summed E-state index contributed by atoms with van der Waals surface area (Å²) in [5.74, 6) is 0.693. The first-order chi connectivity index (χ1) is 22.3. The largest absolute Gasteiger partial charge is 0.455 e. The van der Waals surface area contributed by atoms with Gasteiger partial charge in [-0.05, 0) is 30.3 Å². The van der Waals surface area contributed by atoms with Crippen molar-refractivity contribution in [1.29, 1.82) is 0 Å². The summed E-state index contributed by atoms with van der Waals surface area (Å²) >= 11 is 0. The summed E-state index contributed by atoms with van der Waals surface area (Å²) < 4.78 is 6.52. The van der Waals surface area contributed by atoms with E-state index >= 15 is 0 Å². The second kappa shape index (κ2) is 10.2. The van der Waals surface area contributed by atoms with Gasteiger partial charge in [-0.1, -0.05) is 121 Å². The van der Waals surface area contributed by atoms with Gasteiger partial charge >= 0.3 is 0 Å². The van der Waals surface area contributed by atoms with Crippen molar-refractivity contribution < 1.29 is 4.42 Å². The number of rotatable bonds is 4. The first-order valence-electron chi connectivity index (χ1n) is 15.0. The fourth-order valence-electron chi connectivity index (χ4n) is 6.33. The van der Waals surface area contributed by atoms with Crippen molar-refractivity contribution in [2.24, 2.45) is 0 Å². The molecule has 6 aromatic carbocycles. The molecule has 0 atom stereocenters. The first-order valence-corrected chi connectivity index (χ1v) is 15.0. The number of aromatic nitrogens is 3. The van der Waals surface area contributed by atoms with Crippen LogP contribution >= 0.6 is 0 Å². The van der Waals surface area contributed by atoms with Gasteiger partial charge in [-0.2, -0.15) is 0 Å². The van der Waals surface area contributed by atoms with Gasteiger partial charge in [-0.25, -0.2) is 15.0 Å². The Morgan fingerprint density at radius 3 is 1.84 bits per heavy atom. The summed E-state index contributed by atoms with van der Waals surface area (Å²) in [6.45, 7) is 0. The minimum Gasteiger partial charge on any atom is -0.455 e. The van der Waals surface area contributed by atoms with E-state index in [2.05, 4.69) is 84.9 Å². The lowest BCUT2D eigenvalue weighted by molar-refractivity contribution is 0.673. The Morgan fingerprint density at radius 2 is 1.02 bits per heavy atom. The number of nitrogens with zero attached hydrogens (tertiary/aromatic N) is 3. The molecular formula is C41H25N3O. The van der Waals surface area contributed by atoms with Crippen LogP contribution in [0, 0.1) is 0 Å².